The minimum atomic E-state index is -0.444. The molecule has 0 amide bonds. The van der Waals surface area contributed by atoms with Gasteiger partial charge in [-0.05, 0) is 30.3 Å². The van der Waals surface area contributed by atoms with Gasteiger partial charge in [0.15, 0.2) is 6.61 Å². The minimum absolute atomic E-state index is 0.00260. The lowest BCUT2D eigenvalue weighted by Gasteiger charge is -2.01. The number of aromatic nitrogens is 2. The fourth-order valence-corrected chi connectivity index (χ4v) is 2.06. The van der Waals surface area contributed by atoms with E-state index in [-0.39, 0.29) is 12.3 Å². The van der Waals surface area contributed by atoms with E-state index >= 15 is 0 Å². The van der Waals surface area contributed by atoms with Gasteiger partial charge in [0, 0.05) is 17.8 Å². The van der Waals surface area contributed by atoms with E-state index in [9.17, 15) is 10.1 Å². The number of fused-ring (bicyclic) bond motifs is 1. The van der Waals surface area contributed by atoms with Crippen LogP contribution in [0.2, 0.25) is 0 Å². The second-order valence-corrected chi connectivity index (χ2v) is 4.51. The summed E-state index contributed by atoms with van der Waals surface area (Å²) >= 11 is 0. The third-order valence-electron chi connectivity index (χ3n) is 3.10. The van der Waals surface area contributed by atoms with Crippen LogP contribution in [0.3, 0.4) is 0 Å². The van der Waals surface area contributed by atoms with Gasteiger partial charge in [0.1, 0.15) is 17.5 Å². The molecule has 0 spiro atoms. The van der Waals surface area contributed by atoms with Crippen LogP contribution in [0.5, 0.6) is 5.75 Å². The monoisotopic (exact) mass is 294 g/mol. The Bertz CT molecular complexity index is 878. The maximum absolute atomic E-state index is 10.8. The van der Waals surface area contributed by atoms with Crippen molar-refractivity contribution < 1.29 is 9.66 Å². The van der Waals surface area contributed by atoms with E-state index < -0.39 is 4.92 Å². The first-order chi connectivity index (χ1) is 10.7. The number of benzene rings is 1. The molecule has 0 saturated heterocycles. The second kappa shape index (κ2) is 5.54. The van der Waals surface area contributed by atoms with Crippen LogP contribution in [0, 0.1) is 21.4 Å². The van der Waals surface area contributed by atoms with Crippen LogP contribution in [-0.4, -0.2) is 20.9 Å². The predicted molar refractivity (Wildman–Crippen MR) is 78.4 cm³/mol. The van der Waals surface area contributed by atoms with E-state index in [1.54, 1.807) is 28.8 Å². The van der Waals surface area contributed by atoms with Crippen molar-refractivity contribution in [2.24, 2.45) is 0 Å². The lowest BCUT2D eigenvalue weighted by molar-refractivity contribution is -0.385. The molecule has 0 aliphatic carbocycles. The molecule has 0 unspecified atom stereocenters. The molecule has 0 saturated carbocycles. The van der Waals surface area contributed by atoms with Gasteiger partial charge in [0.2, 0.25) is 0 Å². The van der Waals surface area contributed by atoms with Crippen LogP contribution < -0.4 is 4.74 Å². The van der Waals surface area contributed by atoms with Crippen LogP contribution in [0.4, 0.5) is 5.69 Å². The second-order valence-electron chi connectivity index (χ2n) is 4.51. The Balaban J connectivity index is 1.93. The molecule has 0 atom stereocenters. The van der Waals surface area contributed by atoms with Crippen molar-refractivity contribution in [3.8, 4) is 23.1 Å². The number of hydrogen-bond donors (Lipinski definition) is 0. The average molecular weight is 294 g/mol. The molecule has 2 aromatic heterocycles. The van der Waals surface area contributed by atoms with E-state index in [0.29, 0.717) is 17.1 Å². The topological polar surface area (TPSA) is 93.5 Å². The SMILES string of the molecule is N#CCOc1ccc(-c2cn3cc([N+](=O)[O-])ccc3n2)cc1. The summed E-state index contributed by atoms with van der Waals surface area (Å²) < 4.78 is 6.80. The molecule has 7 heteroatoms. The van der Waals surface area contributed by atoms with E-state index in [1.165, 1.54) is 12.3 Å². The molecule has 3 rings (SSSR count). The summed E-state index contributed by atoms with van der Waals surface area (Å²) in [5.74, 6) is 0.602. The number of pyridine rings is 1. The van der Waals surface area contributed by atoms with Crippen molar-refractivity contribution in [1.82, 2.24) is 9.38 Å². The highest BCUT2D eigenvalue weighted by Gasteiger charge is 2.09. The molecular weight excluding hydrogens is 284 g/mol. The summed E-state index contributed by atoms with van der Waals surface area (Å²) in [6.45, 7) is -0.00260. The molecule has 7 nitrogen and oxygen atoms in total. The normalized spacial score (nSPS) is 10.3. The molecule has 0 bridgehead atoms. The van der Waals surface area contributed by atoms with E-state index in [2.05, 4.69) is 4.98 Å². The Hall–Kier alpha value is -3.40. The molecule has 0 fully saturated rings. The van der Waals surface area contributed by atoms with Crippen LogP contribution in [0.25, 0.3) is 16.9 Å². The van der Waals surface area contributed by atoms with E-state index in [0.717, 1.165) is 5.56 Å². The predicted octanol–water partition coefficient (Wildman–Crippen LogP) is 2.81. The third kappa shape index (κ3) is 2.58. The summed E-state index contributed by atoms with van der Waals surface area (Å²) in [5.41, 5.74) is 2.20. The standard InChI is InChI=1S/C15H10N4O3/c16-7-8-22-13-4-1-11(2-5-13)14-10-18-9-12(19(20)21)3-6-15(18)17-14/h1-6,9-10H,8H2. The van der Waals surface area contributed by atoms with Crippen LogP contribution >= 0.6 is 0 Å². The fraction of sp³-hybridized carbons (Fsp3) is 0.0667. The number of ether oxygens (including phenoxy) is 1. The fourth-order valence-electron chi connectivity index (χ4n) is 2.06. The number of hydrogen-bond acceptors (Lipinski definition) is 5. The maximum atomic E-state index is 10.8. The van der Waals surface area contributed by atoms with E-state index in [4.69, 9.17) is 10.00 Å². The Morgan fingerprint density at radius 1 is 1.23 bits per heavy atom. The van der Waals surface area contributed by atoms with Gasteiger partial charge in [-0.15, -0.1) is 0 Å². The first kappa shape index (κ1) is 13.6. The van der Waals surface area contributed by atoms with Crippen molar-refractivity contribution in [3.63, 3.8) is 0 Å². The van der Waals surface area contributed by atoms with Gasteiger partial charge >= 0.3 is 0 Å². The van der Waals surface area contributed by atoms with Crippen LogP contribution in [-0.2, 0) is 0 Å². The summed E-state index contributed by atoms with van der Waals surface area (Å²) in [5, 5.41) is 19.2. The Morgan fingerprint density at radius 3 is 2.68 bits per heavy atom. The van der Waals surface area contributed by atoms with Crippen molar-refractivity contribution in [2.45, 2.75) is 0 Å². The lowest BCUT2D eigenvalue weighted by atomic mass is 10.2. The summed E-state index contributed by atoms with van der Waals surface area (Å²) in [6.07, 6.45) is 3.16. The number of nitro groups is 1. The Labute approximate surface area is 125 Å². The zero-order chi connectivity index (χ0) is 15.5. The zero-order valence-electron chi connectivity index (χ0n) is 11.3. The summed E-state index contributed by atoms with van der Waals surface area (Å²) in [6, 6.07) is 12.1. The molecule has 3 aromatic rings. The molecular formula is C15H10N4O3. The highest BCUT2D eigenvalue weighted by Crippen LogP contribution is 2.23. The number of nitriles is 1. The van der Waals surface area contributed by atoms with Crippen LogP contribution in [0.1, 0.15) is 0 Å². The molecule has 0 radical (unpaired) electrons. The van der Waals surface area contributed by atoms with Gasteiger partial charge < -0.3 is 4.74 Å². The van der Waals surface area contributed by atoms with Gasteiger partial charge in [-0.25, -0.2) is 4.98 Å². The Kier molecular flexibility index (Phi) is 3.42. The highest BCUT2D eigenvalue weighted by molar-refractivity contribution is 5.63. The molecule has 0 aliphatic heterocycles. The van der Waals surface area contributed by atoms with Crippen molar-refractivity contribution in [1.29, 1.82) is 5.26 Å². The van der Waals surface area contributed by atoms with Crippen molar-refractivity contribution in [2.75, 3.05) is 6.61 Å². The number of rotatable bonds is 4. The van der Waals surface area contributed by atoms with Gasteiger partial charge in [-0.1, -0.05) is 0 Å². The maximum Gasteiger partial charge on any atom is 0.286 e. The van der Waals surface area contributed by atoms with E-state index in [1.807, 2.05) is 18.2 Å². The number of imidazole rings is 1. The van der Waals surface area contributed by atoms with Crippen molar-refractivity contribution in [3.05, 3.63) is 58.9 Å². The quantitative estimate of drug-likeness (QED) is 0.544. The highest BCUT2D eigenvalue weighted by atomic mass is 16.6. The Morgan fingerprint density at radius 2 is 2.00 bits per heavy atom. The van der Waals surface area contributed by atoms with Gasteiger partial charge in [-0.2, -0.15) is 5.26 Å². The smallest absolute Gasteiger partial charge is 0.286 e. The van der Waals surface area contributed by atoms with Crippen molar-refractivity contribution >= 4 is 11.3 Å². The van der Waals surface area contributed by atoms with Gasteiger partial charge in [-0.3, -0.25) is 14.5 Å². The summed E-state index contributed by atoms with van der Waals surface area (Å²) in [7, 11) is 0. The molecule has 1 aromatic carbocycles. The molecule has 0 N–H and O–H groups in total. The summed E-state index contributed by atoms with van der Waals surface area (Å²) in [4.78, 5) is 14.8. The minimum Gasteiger partial charge on any atom is -0.479 e. The first-order valence-electron chi connectivity index (χ1n) is 6.41. The first-order valence-corrected chi connectivity index (χ1v) is 6.41. The largest absolute Gasteiger partial charge is 0.479 e. The number of nitrogens with zero attached hydrogens (tertiary/aromatic N) is 4. The van der Waals surface area contributed by atoms with Gasteiger partial charge in [0.05, 0.1) is 16.8 Å². The molecule has 22 heavy (non-hydrogen) atoms. The molecule has 0 aliphatic rings. The molecule has 2 heterocycles. The van der Waals surface area contributed by atoms with Crippen LogP contribution in [0.15, 0.2) is 48.8 Å². The molecule has 108 valence electrons. The lowest BCUT2D eigenvalue weighted by Crippen LogP contribution is -1.92. The average Bonchev–Trinajstić information content (AvgIpc) is 2.96. The zero-order valence-corrected chi connectivity index (χ0v) is 11.3. The van der Waals surface area contributed by atoms with Gasteiger partial charge in [0.25, 0.3) is 5.69 Å². The third-order valence-corrected chi connectivity index (χ3v) is 3.10.